The van der Waals surface area contributed by atoms with Crippen LogP contribution in [-0.2, 0) is 15.8 Å². The normalized spacial score (nSPS) is 27.2. The molecule has 2 atom stereocenters. The summed E-state index contributed by atoms with van der Waals surface area (Å²) in [4.78, 5) is 25.6. The van der Waals surface area contributed by atoms with Crippen molar-refractivity contribution in [3.05, 3.63) is 29.8 Å². The van der Waals surface area contributed by atoms with Crippen LogP contribution in [0, 0.1) is 0 Å². The molecule has 2 aliphatic heterocycles. The number of hydrogen-bond donors (Lipinski definition) is 1. The van der Waals surface area contributed by atoms with E-state index < -0.39 is 23.7 Å². The minimum absolute atomic E-state index is 0.0788. The quantitative estimate of drug-likeness (QED) is 0.897. The van der Waals surface area contributed by atoms with Gasteiger partial charge in [-0.25, -0.2) is 0 Å². The van der Waals surface area contributed by atoms with E-state index in [1.165, 1.54) is 23.9 Å². The molecule has 1 N–H and O–H groups in total. The lowest BCUT2D eigenvalue weighted by atomic mass is 10.1. The van der Waals surface area contributed by atoms with Gasteiger partial charge in [0.25, 0.3) is 0 Å². The van der Waals surface area contributed by atoms with Crippen LogP contribution in [0.25, 0.3) is 0 Å². The van der Waals surface area contributed by atoms with E-state index in [2.05, 4.69) is 5.32 Å². The molecule has 8 heteroatoms. The summed E-state index contributed by atoms with van der Waals surface area (Å²) in [6, 6.07) is 3.84. The van der Waals surface area contributed by atoms with Crippen molar-refractivity contribution >= 4 is 29.3 Å². The summed E-state index contributed by atoms with van der Waals surface area (Å²) in [5, 5.41) is 2.50. The van der Waals surface area contributed by atoms with Crippen LogP contribution in [-0.4, -0.2) is 33.4 Å². The standard InChI is InChI=1S/C15H15F3N2O2S/c1-14-6-5-12(21)20(14)11(8-23-14)13(22)19-10-4-2-3-9(7-10)15(16,17)18/h2-4,7,11H,5-6,8H2,1H3,(H,19,22)/t11-,14+/m1/s1. The van der Waals surface area contributed by atoms with Gasteiger partial charge in [0.15, 0.2) is 0 Å². The number of amides is 2. The molecule has 2 amide bonds. The van der Waals surface area contributed by atoms with Gasteiger partial charge in [0, 0.05) is 17.9 Å². The molecule has 2 fully saturated rings. The molecular weight excluding hydrogens is 329 g/mol. The fraction of sp³-hybridized carbons (Fsp3) is 0.467. The highest BCUT2D eigenvalue weighted by atomic mass is 32.2. The SMILES string of the molecule is C[C@]12CCC(=O)N1[C@@H](C(=O)Nc1cccc(C(F)(F)F)c1)CS2. The number of carbonyl (C=O) groups is 2. The van der Waals surface area contributed by atoms with Crippen LogP contribution in [0.2, 0.25) is 0 Å². The van der Waals surface area contributed by atoms with Gasteiger partial charge >= 0.3 is 6.18 Å². The number of halogens is 3. The Morgan fingerprint density at radius 3 is 2.87 bits per heavy atom. The van der Waals surface area contributed by atoms with E-state index in [4.69, 9.17) is 0 Å². The first-order valence-corrected chi connectivity index (χ1v) is 8.13. The summed E-state index contributed by atoms with van der Waals surface area (Å²) < 4.78 is 38.1. The van der Waals surface area contributed by atoms with E-state index in [-0.39, 0.29) is 16.5 Å². The molecule has 0 spiro atoms. The molecule has 0 unspecified atom stereocenters. The third kappa shape index (κ3) is 2.91. The number of alkyl halides is 3. The number of fused-ring (bicyclic) bond motifs is 1. The highest BCUT2D eigenvalue weighted by molar-refractivity contribution is 8.01. The second kappa shape index (κ2) is 5.43. The molecule has 0 saturated carbocycles. The first-order chi connectivity index (χ1) is 10.7. The monoisotopic (exact) mass is 344 g/mol. The van der Waals surface area contributed by atoms with Crippen molar-refractivity contribution in [1.82, 2.24) is 4.90 Å². The zero-order valence-corrected chi connectivity index (χ0v) is 13.1. The van der Waals surface area contributed by atoms with Crippen LogP contribution in [0.1, 0.15) is 25.3 Å². The summed E-state index contributed by atoms with van der Waals surface area (Å²) >= 11 is 1.54. The Hall–Kier alpha value is -1.70. The summed E-state index contributed by atoms with van der Waals surface area (Å²) in [5.41, 5.74) is -0.742. The van der Waals surface area contributed by atoms with Crippen molar-refractivity contribution in [3.8, 4) is 0 Å². The first-order valence-electron chi connectivity index (χ1n) is 7.15. The fourth-order valence-corrected chi connectivity index (χ4v) is 4.45. The molecule has 0 radical (unpaired) electrons. The number of nitrogens with zero attached hydrogens (tertiary/aromatic N) is 1. The number of carbonyl (C=O) groups excluding carboxylic acids is 2. The Morgan fingerprint density at radius 1 is 1.43 bits per heavy atom. The molecule has 3 rings (SSSR count). The molecule has 0 aromatic heterocycles. The van der Waals surface area contributed by atoms with Crippen LogP contribution in [0.4, 0.5) is 18.9 Å². The molecule has 0 aliphatic carbocycles. The minimum atomic E-state index is -4.46. The van der Waals surface area contributed by atoms with Crippen LogP contribution in [0.15, 0.2) is 24.3 Å². The van der Waals surface area contributed by atoms with Crippen LogP contribution in [0.3, 0.4) is 0 Å². The summed E-state index contributed by atoms with van der Waals surface area (Å²) in [6.45, 7) is 1.92. The molecule has 1 aromatic carbocycles. The zero-order chi connectivity index (χ0) is 16.8. The van der Waals surface area contributed by atoms with Gasteiger partial charge in [-0.2, -0.15) is 13.2 Å². The molecule has 2 saturated heterocycles. The lowest BCUT2D eigenvalue weighted by molar-refractivity contribution is -0.137. The van der Waals surface area contributed by atoms with E-state index >= 15 is 0 Å². The average Bonchev–Trinajstić information content (AvgIpc) is 2.95. The fourth-order valence-electron chi connectivity index (χ4n) is 3.01. The number of benzene rings is 1. The summed E-state index contributed by atoms with van der Waals surface area (Å²) in [7, 11) is 0. The maximum absolute atomic E-state index is 12.7. The number of hydrogen-bond acceptors (Lipinski definition) is 3. The van der Waals surface area contributed by atoms with Crippen LogP contribution >= 0.6 is 11.8 Å². The molecule has 1 aromatic rings. The van der Waals surface area contributed by atoms with Crippen LogP contribution < -0.4 is 5.32 Å². The topological polar surface area (TPSA) is 49.4 Å². The van der Waals surface area contributed by atoms with E-state index in [0.29, 0.717) is 18.6 Å². The van der Waals surface area contributed by atoms with E-state index in [1.807, 2.05) is 6.92 Å². The third-order valence-corrected chi connectivity index (χ3v) is 5.71. The second-order valence-electron chi connectivity index (χ2n) is 5.83. The van der Waals surface area contributed by atoms with Gasteiger partial charge in [0.2, 0.25) is 11.8 Å². The number of anilines is 1. The van der Waals surface area contributed by atoms with Gasteiger partial charge in [-0.15, -0.1) is 11.8 Å². The number of nitrogens with one attached hydrogen (secondary N) is 1. The van der Waals surface area contributed by atoms with Gasteiger partial charge < -0.3 is 10.2 Å². The molecule has 0 bridgehead atoms. The maximum Gasteiger partial charge on any atom is 0.416 e. The van der Waals surface area contributed by atoms with Crippen molar-refractivity contribution in [2.24, 2.45) is 0 Å². The van der Waals surface area contributed by atoms with Crippen molar-refractivity contribution in [3.63, 3.8) is 0 Å². The smallest absolute Gasteiger partial charge is 0.324 e. The van der Waals surface area contributed by atoms with E-state index in [1.54, 1.807) is 4.90 Å². The second-order valence-corrected chi connectivity index (χ2v) is 7.33. The van der Waals surface area contributed by atoms with Gasteiger partial charge in [-0.3, -0.25) is 9.59 Å². The highest BCUT2D eigenvalue weighted by Crippen LogP contribution is 2.47. The van der Waals surface area contributed by atoms with Crippen molar-refractivity contribution in [1.29, 1.82) is 0 Å². The van der Waals surface area contributed by atoms with Gasteiger partial charge in [-0.1, -0.05) is 6.07 Å². The van der Waals surface area contributed by atoms with Crippen molar-refractivity contribution in [2.75, 3.05) is 11.1 Å². The Bertz CT molecular complexity index is 664. The van der Waals surface area contributed by atoms with E-state index in [0.717, 1.165) is 12.1 Å². The lowest BCUT2D eigenvalue weighted by Gasteiger charge is -2.29. The molecule has 2 aliphatic rings. The lowest BCUT2D eigenvalue weighted by Crippen LogP contribution is -2.48. The Balaban J connectivity index is 1.77. The van der Waals surface area contributed by atoms with Gasteiger partial charge in [-0.05, 0) is 31.5 Å². The summed E-state index contributed by atoms with van der Waals surface area (Å²) in [6.07, 6.45) is -3.38. The Labute approximate surface area is 135 Å². The summed E-state index contributed by atoms with van der Waals surface area (Å²) in [5.74, 6) is -0.0787. The zero-order valence-electron chi connectivity index (χ0n) is 12.3. The predicted octanol–water partition coefficient (Wildman–Crippen LogP) is 3.10. The van der Waals surface area contributed by atoms with Crippen molar-refractivity contribution in [2.45, 2.75) is 36.9 Å². The third-order valence-electron chi connectivity index (χ3n) is 4.20. The molecule has 23 heavy (non-hydrogen) atoms. The molecule has 124 valence electrons. The average molecular weight is 344 g/mol. The Kier molecular flexibility index (Phi) is 3.82. The van der Waals surface area contributed by atoms with Crippen LogP contribution in [0.5, 0.6) is 0 Å². The minimum Gasteiger partial charge on any atom is -0.324 e. The molecule has 4 nitrogen and oxygen atoms in total. The molecular formula is C15H15F3N2O2S. The first kappa shape index (κ1) is 16.2. The van der Waals surface area contributed by atoms with Gasteiger partial charge in [0.1, 0.15) is 6.04 Å². The van der Waals surface area contributed by atoms with E-state index in [9.17, 15) is 22.8 Å². The number of rotatable bonds is 2. The maximum atomic E-state index is 12.7. The highest BCUT2D eigenvalue weighted by Gasteiger charge is 2.52. The largest absolute Gasteiger partial charge is 0.416 e. The number of thioether (sulfide) groups is 1. The van der Waals surface area contributed by atoms with Gasteiger partial charge in [0.05, 0.1) is 10.4 Å². The Morgan fingerprint density at radius 2 is 2.17 bits per heavy atom. The van der Waals surface area contributed by atoms with Crippen molar-refractivity contribution < 1.29 is 22.8 Å². The molecule has 2 heterocycles. The predicted molar refractivity (Wildman–Crippen MR) is 80.8 cm³/mol.